The molecule has 2 aromatic heterocycles. The highest BCUT2D eigenvalue weighted by Gasteiger charge is 2.34. The van der Waals surface area contributed by atoms with Gasteiger partial charge in [0.2, 0.25) is 0 Å². The minimum absolute atomic E-state index is 0.0294. The third-order valence-electron chi connectivity index (χ3n) is 4.21. The molecule has 3 heterocycles. The van der Waals surface area contributed by atoms with Crippen LogP contribution < -0.4 is 0 Å². The van der Waals surface area contributed by atoms with Crippen LogP contribution in [0.15, 0.2) is 59.4 Å². The molecule has 0 atom stereocenters. The molecule has 120 valence electrons. The number of carbonyl (C=O) groups is 1. The van der Waals surface area contributed by atoms with Crippen molar-refractivity contribution in [3.05, 3.63) is 71.9 Å². The zero-order valence-electron chi connectivity index (χ0n) is 12.7. The molecule has 0 N–H and O–H groups in total. The van der Waals surface area contributed by atoms with E-state index in [4.69, 9.17) is 4.52 Å². The van der Waals surface area contributed by atoms with Gasteiger partial charge in [-0.05, 0) is 23.8 Å². The molecule has 24 heavy (non-hydrogen) atoms. The van der Waals surface area contributed by atoms with Gasteiger partial charge in [0.15, 0.2) is 11.5 Å². The minimum atomic E-state index is -0.226. The molecule has 3 aromatic rings. The van der Waals surface area contributed by atoms with E-state index in [-0.39, 0.29) is 23.3 Å². The molecular weight excluding hydrogens is 309 g/mol. The molecule has 0 spiro atoms. The zero-order chi connectivity index (χ0) is 16.5. The van der Waals surface area contributed by atoms with Crippen molar-refractivity contribution in [2.45, 2.75) is 5.92 Å². The number of amides is 1. The Morgan fingerprint density at radius 1 is 1.17 bits per heavy atom. The van der Waals surface area contributed by atoms with E-state index in [9.17, 15) is 9.18 Å². The van der Waals surface area contributed by atoms with E-state index in [0.717, 1.165) is 5.56 Å². The van der Waals surface area contributed by atoms with Crippen LogP contribution in [0.2, 0.25) is 0 Å². The number of hydrogen-bond donors (Lipinski definition) is 0. The van der Waals surface area contributed by atoms with E-state index in [1.807, 2.05) is 6.07 Å². The summed E-state index contributed by atoms with van der Waals surface area (Å²) in [6, 6.07) is 11.9. The first kappa shape index (κ1) is 14.6. The molecule has 0 radical (unpaired) electrons. The fourth-order valence-electron chi connectivity index (χ4n) is 2.84. The Labute approximate surface area is 137 Å². The van der Waals surface area contributed by atoms with Gasteiger partial charge in [-0.25, -0.2) is 4.39 Å². The lowest BCUT2D eigenvalue weighted by molar-refractivity contribution is 0.0588. The number of rotatable bonds is 3. The van der Waals surface area contributed by atoms with Gasteiger partial charge in [-0.15, -0.1) is 0 Å². The van der Waals surface area contributed by atoms with Gasteiger partial charge in [0.25, 0.3) is 5.91 Å². The van der Waals surface area contributed by atoms with E-state index in [0.29, 0.717) is 24.4 Å². The van der Waals surface area contributed by atoms with Crippen molar-refractivity contribution in [2.75, 3.05) is 13.1 Å². The minimum Gasteiger partial charge on any atom is -0.355 e. The largest absolute Gasteiger partial charge is 0.355 e. The predicted molar refractivity (Wildman–Crippen MR) is 84.8 cm³/mol. The lowest BCUT2D eigenvalue weighted by Crippen LogP contribution is -2.48. The molecule has 1 amide bonds. The molecular formula is C18H14FN3O2. The fraction of sp³-hybridized carbons (Fsp3) is 0.167. The molecule has 1 aliphatic rings. The smallest absolute Gasteiger partial charge is 0.276 e. The first-order valence-corrected chi connectivity index (χ1v) is 7.63. The number of carbonyl (C=O) groups excluding carboxylic acids is 1. The van der Waals surface area contributed by atoms with Gasteiger partial charge < -0.3 is 9.42 Å². The summed E-state index contributed by atoms with van der Waals surface area (Å²) < 4.78 is 19.0. The van der Waals surface area contributed by atoms with Crippen LogP contribution in [-0.2, 0) is 0 Å². The van der Waals surface area contributed by atoms with Crippen LogP contribution in [0.5, 0.6) is 0 Å². The van der Waals surface area contributed by atoms with E-state index in [1.165, 1.54) is 6.07 Å². The average molecular weight is 323 g/mol. The van der Waals surface area contributed by atoms with Crippen molar-refractivity contribution >= 4 is 5.91 Å². The van der Waals surface area contributed by atoms with Crippen molar-refractivity contribution in [3.63, 3.8) is 0 Å². The molecule has 5 nitrogen and oxygen atoms in total. The summed E-state index contributed by atoms with van der Waals surface area (Å²) in [6.07, 6.45) is 3.29. The van der Waals surface area contributed by atoms with E-state index in [2.05, 4.69) is 10.1 Å². The highest BCUT2D eigenvalue weighted by Crippen LogP contribution is 2.30. The number of benzene rings is 1. The van der Waals surface area contributed by atoms with Gasteiger partial charge in [-0.3, -0.25) is 9.78 Å². The average Bonchev–Trinajstić information content (AvgIpc) is 3.06. The molecule has 1 fully saturated rings. The predicted octanol–water partition coefficient (Wildman–Crippen LogP) is 3.12. The Kier molecular flexibility index (Phi) is 3.57. The normalized spacial score (nSPS) is 14.5. The molecule has 0 unspecified atom stereocenters. The third-order valence-corrected chi connectivity index (χ3v) is 4.21. The van der Waals surface area contributed by atoms with Crippen LogP contribution in [0.4, 0.5) is 4.39 Å². The molecule has 0 saturated carbocycles. The summed E-state index contributed by atoms with van der Waals surface area (Å²) >= 11 is 0. The van der Waals surface area contributed by atoms with Crippen molar-refractivity contribution in [2.24, 2.45) is 0 Å². The molecule has 1 aliphatic heterocycles. The number of hydrogen-bond acceptors (Lipinski definition) is 4. The monoisotopic (exact) mass is 323 g/mol. The molecule has 0 bridgehead atoms. The molecule has 4 rings (SSSR count). The number of likely N-dealkylation sites (tertiary alicyclic amines) is 1. The van der Waals surface area contributed by atoms with Gasteiger partial charge >= 0.3 is 0 Å². The third kappa shape index (κ3) is 2.56. The Balaban J connectivity index is 1.45. The maximum absolute atomic E-state index is 13.8. The van der Waals surface area contributed by atoms with Gasteiger partial charge in [-0.2, -0.15) is 0 Å². The molecule has 1 saturated heterocycles. The van der Waals surface area contributed by atoms with Crippen LogP contribution in [0.1, 0.15) is 22.0 Å². The topological polar surface area (TPSA) is 59.2 Å². The summed E-state index contributed by atoms with van der Waals surface area (Å²) in [5.41, 5.74) is 1.72. The quantitative estimate of drug-likeness (QED) is 0.743. The summed E-state index contributed by atoms with van der Waals surface area (Å²) in [6.45, 7) is 0.967. The first-order valence-electron chi connectivity index (χ1n) is 7.63. The number of halogens is 1. The van der Waals surface area contributed by atoms with E-state index < -0.39 is 0 Å². The maximum Gasteiger partial charge on any atom is 0.276 e. The Hall–Kier alpha value is -3.02. The maximum atomic E-state index is 13.8. The van der Waals surface area contributed by atoms with Crippen LogP contribution in [0.3, 0.4) is 0 Å². The lowest BCUT2D eigenvalue weighted by atomic mass is 9.91. The van der Waals surface area contributed by atoms with E-state index in [1.54, 1.807) is 47.6 Å². The first-order chi connectivity index (χ1) is 11.7. The Morgan fingerprint density at radius 3 is 2.67 bits per heavy atom. The van der Waals surface area contributed by atoms with Gasteiger partial charge in [0.1, 0.15) is 5.82 Å². The SMILES string of the molecule is O=C(c1cc(-c2ccncc2)on1)N1CC(c2ccccc2F)C1. The van der Waals surface area contributed by atoms with Gasteiger partial charge in [0.05, 0.1) is 0 Å². The lowest BCUT2D eigenvalue weighted by Gasteiger charge is -2.39. The zero-order valence-corrected chi connectivity index (χ0v) is 12.7. The van der Waals surface area contributed by atoms with Crippen molar-refractivity contribution in [3.8, 4) is 11.3 Å². The molecule has 1 aromatic carbocycles. The van der Waals surface area contributed by atoms with Crippen molar-refractivity contribution in [1.29, 1.82) is 0 Å². The summed E-state index contributed by atoms with van der Waals surface area (Å²) in [5.74, 6) is 0.122. The second-order valence-corrected chi connectivity index (χ2v) is 5.74. The van der Waals surface area contributed by atoms with Crippen molar-refractivity contribution in [1.82, 2.24) is 15.0 Å². The fourth-order valence-corrected chi connectivity index (χ4v) is 2.84. The summed E-state index contributed by atoms with van der Waals surface area (Å²) in [4.78, 5) is 18.0. The number of aromatic nitrogens is 2. The van der Waals surface area contributed by atoms with Crippen LogP contribution in [-0.4, -0.2) is 34.0 Å². The number of nitrogens with zero attached hydrogens (tertiary/aromatic N) is 3. The van der Waals surface area contributed by atoms with E-state index >= 15 is 0 Å². The standard InChI is InChI=1S/C18H14FN3O2/c19-15-4-2-1-3-14(15)13-10-22(11-13)18(23)16-9-17(24-21-16)12-5-7-20-8-6-12/h1-9,13H,10-11H2. The second kappa shape index (κ2) is 5.88. The van der Waals surface area contributed by atoms with Crippen LogP contribution >= 0.6 is 0 Å². The Morgan fingerprint density at radius 2 is 1.92 bits per heavy atom. The summed E-state index contributed by atoms with van der Waals surface area (Å²) in [7, 11) is 0. The summed E-state index contributed by atoms with van der Waals surface area (Å²) in [5, 5.41) is 3.85. The Bertz CT molecular complexity index is 873. The highest BCUT2D eigenvalue weighted by atomic mass is 19.1. The van der Waals surface area contributed by atoms with Gasteiger partial charge in [0, 0.05) is 43.0 Å². The molecule has 6 heteroatoms. The molecule has 0 aliphatic carbocycles. The number of pyridine rings is 1. The van der Waals surface area contributed by atoms with Crippen molar-refractivity contribution < 1.29 is 13.7 Å². The van der Waals surface area contributed by atoms with Crippen LogP contribution in [0, 0.1) is 5.82 Å². The highest BCUT2D eigenvalue weighted by molar-refractivity contribution is 5.93. The van der Waals surface area contributed by atoms with Crippen LogP contribution in [0.25, 0.3) is 11.3 Å². The van der Waals surface area contributed by atoms with Gasteiger partial charge in [-0.1, -0.05) is 23.4 Å². The second-order valence-electron chi connectivity index (χ2n) is 5.74.